The van der Waals surface area contributed by atoms with E-state index in [2.05, 4.69) is 40.9 Å². The Balaban J connectivity index is 1.60. The van der Waals surface area contributed by atoms with Crippen LogP contribution in [0, 0.1) is 0 Å². The fourth-order valence-electron chi connectivity index (χ4n) is 4.84. The second-order valence-electron chi connectivity index (χ2n) is 10.8. The highest BCUT2D eigenvalue weighted by atomic mass is 16.7. The topological polar surface area (TPSA) is 115 Å². The zero-order chi connectivity index (χ0) is 28.3. The molecule has 1 aromatic heterocycles. The molecule has 2 heterocycles. The molecule has 1 saturated heterocycles. The van der Waals surface area contributed by atoms with Gasteiger partial charge < -0.3 is 24.8 Å². The number of hydrogen-bond donors (Lipinski definition) is 1. The Hall–Kier alpha value is -3.92. The predicted octanol–water partition coefficient (Wildman–Crippen LogP) is 4.74. The molecular formula is C29H38N6O4. The van der Waals surface area contributed by atoms with Crippen molar-refractivity contribution in [3.8, 4) is 17.1 Å². The third-order valence-electron chi connectivity index (χ3n) is 6.48. The Morgan fingerprint density at radius 1 is 1.18 bits per heavy atom. The van der Waals surface area contributed by atoms with Gasteiger partial charge in [0.2, 0.25) is 0 Å². The fraction of sp³-hybridized carbons (Fsp3) is 0.448. The van der Waals surface area contributed by atoms with Crippen LogP contribution in [0.25, 0.3) is 22.3 Å². The van der Waals surface area contributed by atoms with Crippen LogP contribution in [0.5, 0.6) is 5.75 Å². The maximum atomic E-state index is 12.8. The van der Waals surface area contributed by atoms with Crippen molar-refractivity contribution in [1.29, 1.82) is 0 Å². The first kappa shape index (κ1) is 28.1. The van der Waals surface area contributed by atoms with Gasteiger partial charge in [0, 0.05) is 68.0 Å². The molecule has 2 atom stereocenters. The summed E-state index contributed by atoms with van der Waals surface area (Å²) in [7, 11) is 3.25. The van der Waals surface area contributed by atoms with E-state index in [4.69, 9.17) is 24.9 Å². The quantitative estimate of drug-likeness (QED) is 0.274. The van der Waals surface area contributed by atoms with E-state index in [-0.39, 0.29) is 25.0 Å². The van der Waals surface area contributed by atoms with Gasteiger partial charge in [0.15, 0.2) is 12.6 Å². The first-order valence-corrected chi connectivity index (χ1v) is 13.0. The summed E-state index contributed by atoms with van der Waals surface area (Å²) < 4.78 is 16.5. The molecule has 208 valence electrons. The van der Waals surface area contributed by atoms with E-state index >= 15 is 0 Å². The molecule has 1 aliphatic rings. The first-order valence-electron chi connectivity index (χ1n) is 13.0. The Morgan fingerprint density at radius 3 is 2.54 bits per heavy atom. The minimum Gasteiger partial charge on any atom is -0.467 e. The number of methoxy groups -OCH3 is 1. The molecule has 0 spiro atoms. The molecule has 1 aliphatic heterocycles. The van der Waals surface area contributed by atoms with Gasteiger partial charge in [0.05, 0.1) is 23.2 Å². The second-order valence-corrected chi connectivity index (χ2v) is 10.8. The summed E-state index contributed by atoms with van der Waals surface area (Å²) in [5, 5.41) is 0.913. The number of hydrogen-bond acceptors (Lipinski definition) is 9. The number of ether oxygens (including phenoxy) is 3. The number of amides is 1. The number of piperazine rings is 1. The van der Waals surface area contributed by atoms with Crippen molar-refractivity contribution < 1.29 is 19.0 Å². The number of fused-ring (bicyclic) bond motifs is 1. The second kappa shape index (κ2) is 11.4. The van der Waals surface area contributed by atoms with E-state index in [9.17, 15) is 4.79 Å². The van der Waals surface area contributed by atoms with Crippen LogP contribution in [0.1, 0.15) is 40.2 Å². The highest BCUT2D eigenvalue weighted by molar-refractivity contribution is 5.91. The number of benzene rings is 2. The lowest BCUT2D eigenvalue weighted by molar-refractivity contribution is 0.00566. The molecule has 0 unspecified atom stereocenters. The summed E-state index contributed by atoms with van der Waals surface area (Å²) in [6.45, 7) is 11.2. The number of rotatable bonds is 6. The predicted molar refractivity (Wildman–Crippen MR) is 155 cm³/mol. The number of carbonyl (C=O) groups is 1. The van der Waals surface area contributed by atoms with Gasteiger partial charge in [-0.3, -0.25) is 9.89 Å². The van der Waals surface area contributed by atoms with Crippen molar-refractivity contribution in [2.24, 2.45) is 4.99 Å². The van der Waals surface area contributed by atoms with Crippen LogP contribution >= 0.6 is 0 Å². The first-order chi connectivity index (χ1) is 18.5. The van der Waals surface area contributed by atoms with Crippen molar-refractivity contribution in [1.82, 2.24) is 14.9 Å². The van der Waals surface area contributed by atoms with Crippen LogP contribution in [0.15, 0.2) is 41.5 Å². The van der Waals surface area contributed by atoms with Crippen molar-refractivity contribution in [3.05, 3.63) is 42.1 Å². The minimum absolute atomic E-state index is 0.00480. The average molecular weight is 535 g/mol. The number of nitrogen functional groups attached to an aromatic ring is 1. The normalized spacial score (nSPS) is 18.1. The summed E-state index contributed by atoms with van der Waals surface area (Å²) in [5.41, 5.74) is 9.51. The number of carbonyl (C=O) groups excluding carboxylic acids is 1. The van der Waals surface area contributed by atoms with Crippen LogP contribution in [0.4, 0.5) is 16.2 Å². The fourth-order valence-corrected chi connectivity index (χ4v) is 4.84. The molecule has 2 aromatic carbocycles. The summed E-state index contributed by atoms with van der Waals surface area (Å²) in [4.78, 5) is 30.5. The molecule has 1 amide bonds. The van der Waals surface area contributed by atoms with Gasteiger partial charge in [-0.2, -0.15) is 0 Å². The lowest BCUT2D eigenvalue weighted by Crippen LogP contribution is -2.59. The number of aliphatic imine (C=N–C) groups is 1. The SMILES string of the molecule is CN=Cc1cc(-c2ncc3cc(N4C[C@@H](C)N(C(=O)OC(C)(C)C)[C@H](C)C4)ccc3n2)c(OCOC)cc1N. The lowest BCUT2D eigenvalue weighted by atomic mass is 10.1. The Labute approximate surface area is 229 Å². The van der Waals surface area contributed by atoms with Crippen LogP contribution in [-0.4, -0.2) is 78.9 Å². The number of anilines is 2. The maximum Gasteiger partial charge on any atom is 0.410 e. The maximum absolute atomic E-state index is 12.8. The van der Waals surface area contributed by atoms with E-state index < -0.39 is 5.60 Å². The number of aromatic nitrogens is 2. The van der Waals surface area contributed by atoms with E-state index in [0.717, 1.165) is 22.2 Å². The molecule has 10 heteroatoms. The van der Waals surface area contributed by atoms with Gasteiger partial charge in [-0.05, 0) is 58.9 Å². The molecule has 4 rings (SSSR count). The zero-order valence-electron chi connectivity index (χ0n) is 23.8. The third-order valence-corrected chi connectivity index (χ3v) is 6.48. The van der Waals surface area contributed by atoms with Gasteiger partial charge in [-0.1, -0.05) is 0 Å². The van der Waals surface area contributed by atoms with Crippen LogP contribution in [0.2, 0.25) is 0 Å². The molecular weight excluding hydrogens is 496 g/mol. The monoisotopic (exact) mass is 534 g/mol. The molecule has 0 radical (unpaired) electrons. The van der Waals surface area contributed by atoms with Crippen LogP contribution in [-0.2, 0) is 9.47 Å². The standard InChI is InChI=1S/C29H38N6O4/c1-18-15-34(16-19(2)35(18)28(36)39-29(3,4)5)22-8-9-25-21(10-22)14-32-27(33-25)23-11-20(13-31-6)24(30)12-26(23)38-17-37-7/h8-14,18-19H,15-17,30H2,1-7H3/t18-,19-/m1/s1. The van der Waals surface area contributed by atoms with E-state index in [0.29, 0.717) is 35.9 Å². The summed E-state index contributed by atoms with van der Waals surface area (Å²) in [6, 6.07) is 9.73. The Kier molecular flexibility index (Phi) is 8.25. The third kappa shape index (κ3) is 6.39. The molecule has 2 N–H and O–H groups in total. The highest BCUT2D eigenvalue weighted by Crippen LogP contribution is 2.33. The van der Waals surface area contributed by atoms with Crippen molar-refractivity contribution in [2.75, 3.05) is 44.7 Å². The summed E-state index contributed by atoms with van der Waals surface area (Å²) in [5.74, 6) is 1.05. The van der Waals surface area contributed by atoms with E-state index in [1.54, 1.807) is 26.4 Å². The summed E-state index contributed by atoms with van der Waals surface area (Å²) >= 11 is 0. The highest BCUT2D eigenvalue weighted by Gasteiger charge is 2.35. The molecule has 10 nitrogen and oxygen atoms in total. The zero-order valence-corrected chi connectivity index (χ0v) is 23.8. The Morgan fingerprint density at radius 2 is 1.90 bits per heavy atom. The van der Waals surface area contributed by atoms with Gasteiger partial charge in [-0.15, -0.1) is 0 Å². The van der Waals surface area contributed by atoms with Crippen molar-refractivity contribution >= 4 is 34.6 Å². The molecule has 1 fully saturated rings. The molecule has 39 heavy (non-hydrogen) atoms. The smallest absolute Gasteiger partial charge is 0.410 e. The van der Waals surface area contributed by atoms with Gasteiger partial charge in [-0.25, -0.2) is 14.8 Å². The number of nitrogens with two attached hydrogens (primary N) is 1. The lowest BCUT2D eigenvalue weighted by Gasteiger charge is -2.45. The van der Waals surface area contributed by atoms with Crippen molar-refractivity contribution in [3.63, 3.8) is 0 Å². The van der Waals surface area contributed by atoms with Gasteiger partial charge >= 0.3 is 6.09 Å². The van der Waals surface area contributed by atoms with Crippen molar-refractivity contribution in [2.45, 2.75) is 52.3 Å². The van der Waals surface area contributed by atoms with E-state index in [1.165, 1.54) is 0 Å². The largest absolute Gasteiger partial charge is 0.467 e. The molecule has 0 aliphatic carbocycles. The number of nitrogens with zero attached hydrogens (tertiary/aromatic N) is 5. The van der Waals surface area contributed by atoms with Crippen LogP contribution < -0.4 is 15.4 Å². The molecule has 3 aromatic rings. The minimum atomic E-state index is -0.529. The van der Waals surface area contributed by atoms with Crippen LogP contribution in [0.3, 0.4) is 0 Å². The molecule has 0 saturated carbocycles. The summed E-state index contributed by atoms with van der Waals surface area (Å²) in [6.07, 6.45) is 3.23. The molecule has 0 bridgehead atoms. The van der Waals surface area contributed by atoms with E-state index in [1.807, 2.05) is 44.0 Å². The Bertz CT molecular complexity index is 1360. The van der Waals surface area contributed by atoms with Gasteiger partial charge in [0.25, 0.3) is 0 Å². The van der Waals surface area contributed by atoms with Gasteiger partial charge in [0.1, 0.15) is 11.4 Å². The average Bonchev–Trinajstić information content (AvgIpc) is 2.86.